The second kappa shape index (κ2) is 6.71. The number of hydrogen-bond donors (Lipinski definition) is 3. The number of thiophene rings is 1. The van der Waals surface area contributed by atoms with Gasteiger partial charge in [0.25, 0.3) is 0 Å². The Morgan fingerprint density at radius 2 is 2.14 bits per heavy atom. The Labute approximate surface area is 126 Å². The fraction of sp³-hybridized carbons (Fsp3) is 0.500. The van der Waals surface area contributed by atoms with Crippen LogP contribution < -0.4 is 10.6 Å². The van der Waals surface area contributed by atoms with Crippen molar-refractivity contribution >= 4 is 29.1 Å². The first kappa shape index (κ1) is 15.5. The zero-order chi connectivity index (χ0) is 15.4. The highest BCUT2D eigenvalue weighted by Gasteiger charge is 2.35. The average Bonchev–Trinajstić information content (AvgIpc) is 2.85. The number of rotatable bonds is 6. The van der Waals surface area contributed by atoms with Crippen LogP contribution in [0.2, 0.25) is 0 Å². The van der Waals surface area contributed by atoms with E-state index >= 15 is 0 Å². The molecule has 7 heteroatoms. The van der Waals surface area contributed by atoms with Gasteiger partial charge in [0.15, 0.2) is 0 Å². The van der Waals surface area contributed by atoms with Crippen LogP contribution >= 0.6 is 11.3 Å². The van der Waals surface area contributed by atoms with Crippen molar-refractivity contribution < 1.29 is 19.5 Å². The van der Waals surface area contributed by atoms with Crippen LogP contribution in [0.1, 0.15) is 37.1 Å². The van der Waals surface area contributed by atoms with Gasteiger partial charge >= 0.3 is 5.97 Å². The number of aliphatic carboxylic acids is 1. The number of amides is 2. The molecule has 1 fully saturated rings. The highest BCUT2D eigenvalue weighted by molar-refractivity contribution is 7.10. The number of carbonyl (C=O) groups is 3. The fourth-order valence-corrected chi connectivity index (χ4v) is 3.14. The lowest BCUT2D eigenvalue weighted by atomic mass is 9.80. The third-order valence-electron chi connectivity index (χ3n) is 3.51. The van der Waals surface area contributed by atoms with E-state index in [1.54, 1.807) is 0 Å². The Morgan fingerprint density at radius 3 is 2.67 bits per heavy atom. The van der Waals surface area contributed by atoms with Crippen molar-refractivity contribution in [3.8, 4) is 0 Å². The molecule has 2 rings (SSSR count). The quantitative estimate of drug-likeness (QED) is 0.738. The standard InChI is InChI=1S/C14H18N2O4S/c1-8(17)15-11(12-3-2-4-21-12)7-13(18)16-10-5-9(6-10)14(19)20/h2-4,9-11H,5-7H2,1H3,(H,15,17)(H,16,18)(H,19,20). The van der Waals surface area contributed by atoms with Crippen LogP contribution in [0.15, 0.2) is 17.5 Å². The molecule has 1 aliphatic rings. The molecule has 1 aliphatic carbocycles. The lowest BCUT2D eigenvalue weighted by molar-refractivity contribution is -0.146. The molecule has 1 unspecified atom stereocenters. The van der Waals surface area contributed by atoms with Crippen LogP contribution in [0.25, 0.3) is 0 Å². The van der Waals surface area contributed by atoms with E-state index in [0.29, 0.717) is 12.8 Å². The van der Waals surface area contributed by atoms with Crippen LogP contribution in [0, 0.1) is 5.92 Å². The SMILES string of the molecule is CC(=O)NC(CC(=O)NC1CC(C(=O)O)C1)c1cccs1. The highest BCUT2D eigenvalue weighted by Crippen LogP contribution is 2.28. The number of carbonyl (C=O) groups excluding carboxylic acids is 2. The van der Waals surface area contributed by atoms with E-state index in [0.717, 1.165) is 4.88 Å². The minimum atomic E-state index is -0.810. The van der Waals surface area contributed by atoms with E-state index in [2.05, 4.69) is 10.6 Å². The number of carboxylic acid groups (broad SMARTS) is 1. The fourth-order valence-electron chi connectivity index (χ4n) is 2.37. The van der Waals surface area contributed by atoms with Gasteiger partial charge in [0.1, 0.15) is 0 Å². The predicted octanol–water partition coefficient (Wildman–Crippen LogP) is 1.29. The first-order chi connectivity index (χ1) is 9.95. The van der Waals surface area contributed by atoms with Gasteiger partial charge in [0.2, 0.25) is 11.8 Å². The molecule has 114 valence electrons. The summed E-state index contributed by atoms with van der Waals surface area (Å²) in [6.45, 7) is 1.42. The molecule has 6 nitrogen and oxygen atoms in total. The molecule has 1 saturated carbocycles. The summed E-state index contributed by atoms with van der Waals surface area (Å²) < 4.78 is 0. The molecule has 1 heterocycles. The van der Waals surface area contributed by atoms with E-state index in [-0.39, 0.29) is 36.2 Å². The Morgan fingerprint density at radius 1 is 1.43 bits per heavy atom. The van der Waals surface area contributed by atoms with Gasteiger partial charge in [0.05, 0.1) is 18.4 Å². The molecular weight excluding hydrogens is 292 g/mol. The smallest absolute Gasteiger partial charge is 0.306 e. The lowest BCUT2D eigenvalue weighted by Gasteiger charge is -2.33. The molecule has 0 spiro atoms. The van der Waals surface area contributed by atoms with Crippen molar-refractivity contribution in [1.82, 2.24) is 10.6 Å². The Balaban J connectivity index is 1.84. The van der Waals surface area contributed by atoms with Crippen molar-refractivity contribution in [2.75, 3.05) is 0 Å². The van der Waals surface area contributed by atoms with Crippen LogP contribution in [0.4, 0.5) is 0 Å². The minimum absolute atomic E-state index is 0.0695. The Kier molecular flexibility index (Phi) is 4.95. The number of nitrogens with one attached hydrogen (secondary N) is 2. The summed E-state index contributed by atoms with van der Waals surface area (Å²) in [6.07, 6.45) is 1.12. The molecule has 0 radical (unpaired) electrons. The molecule has 2 amide bonds. The third-order valence-corrected chi connectivity index (χ3v) is 4.49. The molecule has 21 heavy (non-hydrogen) atoms. The van der Waals surface area contributed by atoms with E-state index in [9.17, 15) is 14.4 Å². The van der Waals surface area contributed by atoms with E-state index in [1.165, 1.54) is 18.3 Å². The molecule has 0 saturated heterocycles. The molecule has 1 aromatic rings. The van der Waals surface area contributed by atoms with Crippen molar-refractivity contribution in [3.63, 3.8) is 0 Å². The summed E-state index contributed by atoms with van der Waals surface area (Å²) in [5.74, 6) is -1.51. The summed E-state index contributed by atoms with van der Waals surface area (Å²) in [5, 5.41) is 16.3. The maximum atomic E-state index is 12.0. The summed E-state index contributed by atoms with van der Waals surface area (Å²) in [5.41, 5.74) is 0. The zero-order valence-electron chi connectivity index (χ0n) is 11.7. The van der Waals surface area contributed by atoms with Gasteiger partial charge in [-0.25, -0.2) is 0 Å². The molecule has 1 atom stereocenters. The van der Waals surface area contributed by atoms with E-state index in [4.69, 9.17) is 5.11 Å². The number of carboxylic acids is 1. The van der Waals surface area contributed by atoms with Gasteiger partial charge in [-0.1, -0.05) is 6.07 Å². The molecule has 0 aromatic carbocycles. The van der Waals surface area contributed by atoms with Gasteiger partial charge in [0, 0.05) is 17.8 Å². The first-order valence-corrected chi connectivity index (χ1v) is 7.66. The van der Waals surface area contributed by atoms with Crippen molar-refractivity contribution in [1.29, 1.82) is 0 Å². The van der Waals surface area contributed by atoms with Crippen LogP contribution in [0.3, 0.4) is 0 Å². The third kappa shape index (κ3) is 4.29. The van der Waals surface area contributed by atoms with Crippen molar-refractivity contribution in [2.45, 2.75) is 38.3 Å². The van der Waals surface area contributed by atoms with Crippen molar-refractivity contribution in [2.24, 2.45) is 5.92 Å². The summed E-state index contributed by atoms with van der Waals surface area (Å²) >= 11 is 1.49. The summed E-state index contributed by atoms with van der Waals surface area (Å²) in [6, 6.07) is 3.34. The second-order valence-corrected chi connectivity index (χ2v) is 6.22. The van der Waals surface area contributed by atoms with Crippen LogP contribution in [0.5, 0.6) is 0 Å². The monoisotopic (exact) mass is 310 g/mol. The largest absolute Gasteiger partial charge is 0.481 e. The van der Waals surface area contributed by atoms with E-state index in [1.807, 2.05) is 17.5 Å². The van der Waals surface area contributed by atoms with Crippen molar-refractivity contribution in [3.05, 3.63) is 22.4 Å². The predicted molar refractivity (Wildman–Crippen MR) is 77.8 cm³/mol. The lowest BCUT2D eigenvalue weighted by Crippen LogP contribution is -2.47. The molecule has 1 aromatic heterocycles. The summed E-state index contributed by atoms with van der Waals surface area (Å²) in [7, 11) is 0. The van der Waals surface area contributed by atoms with Crippen LogP contribution in [-0.4, -0.2) is 28.9 Å². The Hall–Kier alpha value is -1.89. The Bertz CT molecular complexity index is 523. The second-order valence-electron chi connectivity index (χ2n) is 5.24. The van der Waals surface area contributed by atoms with Gasteiger partial charge in [-0.3, -0.25) is 14.4 Å². The molecule has 3 N–H and O–H groups in total. The summed E-state index contributed by atoms with van der Waals surface area (Å²) in [4.78, 5) is 34.9. The number of hydrogen-bond acceptors (Lipinski definition) is 4. The maximum absolute atomic E-state index is 12.0. The van der Waals surface area contributed by atoms with E-state index < -0.39 is 5.97 Å². The topological polar surface area (TPSA) is 95.5 Å². The zero-order valence-corrected chi connectivity index (χ0v) is 12.5. The molecular formula is C14H18N2O4S. The molecule has 0 bridgehead atoms. The normalized spacial score (nSPS) is 22.0. The maximum Gasteiger partial charge on any atom is 0.306 e. The van der Waals surface area contributed by atoms with Gasteiger partial charge in [-0.2, -0.15) is 0 Å². The van der Waals surface area contributed by atoms with Gasteiger partial charge in [-0.15, -0.1) is 11.3 Å². The van der Waals surface area contributed by atoms with Crippen LogP contribution in [-0.2, 0) is 14.4 Å². The van der Waals surface area contributed by atoms with Gasteiger partial charge < -0.3 is 15.7 Å². The van der Waals surface area contributed by atoms with Gasteiger partial charge in [-0.05, 0) is 24.3 Å². The average molecular weight is 310 g/mol. The minimum Gasteiger partial charge on any atom is -0.481 e. The highest BCUT2D eigenvalue weighted by atomic mass is 32.1. The molecule has 0 aliphatic heterocycles. The first-order valence-electron chi connectivity index (χ1n) is 6.78.